The van der Waals surface area contributed by atoms with Crippen molar-refractivity contribution >= 4 is 17.7 Å². The van der Waals surface area contributed by atoms with Gasteiger partial charge in [0.05, 0.1) is 0 Å². The Morgan fingerprint density at radius 3 is 2.53 bits per heavy atom. The van der Waals surface area contributed by atoms with Crippen molar-refractivity contribution in [1.29, 1.82) is 0 Å². The maximum atomic E-state index is 11.9. The maximum absolute atomic E-state index is 11.9. The van der Waals surface area contributed by atoms with E-state index in [9.17, 15) is 4.79 Å². The average molecular weight is 223 g/mol. The normalized spacial score (nSPS) is 9.65. The van der Waals surface area contributed by atoms with Gasteiger partial charge in [-0.15, -0.1) is 0 Å². The summed E-state index contributed by atoms with van der Waals surface area (Å²) < 4.78 is 0. The highest BCUT2D eigenvalue weighted by atomic mass is 16.1. The van der Waals surface area contributed by atoms with Crippen molar-refractivity contribution in [2.75, 3.05) is 5.32 Å². The van der Waals surface area contributed by atoms with Gasteiger partial charge in [0, 0.05) is 11.3 Å². The van der Waals surface area contributed by atoms with Crippen molar-refractivity contribution in [3.8, 4) is 0 Å². The SMILES string of the molecule is C=Cc1cccc(NC(=O)c2ccccc2)c1. The topological polar surface area (TPSA) is 29.1 Å². The lowest BCUT2D eigenvalue weighted by molar-refractivity contribution is 0.102. The van der Waals surface area contributed by atoms with Crippen LogP contribution in [0.1, 0.15) is 15.9 Å². The van der Waals surface area contributed by atoms with Crippen LogP contribution in [-0.4, -0.2) is 5.91 Å². The molecular formula is C15H13NO. The van der Waals surface area contributed by atoms with Crippen LogP contribution in [0.4, 0.5) is 5.69 Å². The van der Waals surface area contributed by atoms with E-state index in [2.05, 4.69) is 11.9 Å². The third-order valence-electron chi connectivity index (χ3n) is 2.42. The van der Waals surface area contributed by atoms with Gasteiger partial charge in [0.1, 0.15) is 0 Å². The van der Waals surface area contributed by atoms with Crippen molar-refractivity contribution in [2.24, 2.45) is 0 Å². The van der Waals surface area contributed by atoms with Gasteiger partial charge in [-0.05, 0) is 29.8 Å². The van der Waals surface area contributed by atoms with Crippen molar-refractivity contribution in [3.05, 3.63) is 72.3 Å². The van der Waals surface area contributed by atoms with Crippen LogP contribution in [0.15, 0.2) is 61.2 Å². The van der Waals surface area contributed by atoms with E-state index >= 15 is 0 Å². The number of hydrogen-bond acceptors (Lipinski definition) is 1. The summed E-state index contributed by atoms with van der Waals surface area (Å²) in [5, 5.41) is 2.85. The molecule has 0 aliphatic carbocycles. The molecule has 0 spiro atoms. The molecule has 2 rings (SSSR count). The first kappa shape index (κ1) is 11.1. The van der Waals surface area contributed by atoms with Gasteiger partial charge in [0.15, 0.2) is 0 Å². The van der Waals surface area contributed by atoms with Gasteiger partial charge in [0.2, 0.25) is 0 Å². The number of benzene rings is 2. The molecule has 2 aromatic rings. The first-order valence-electron chi connectivity index (χ1n) is 5.38. The number of hydrogen-bond donors (Lipinski definition) is 1. The fourth-order valence-corrected chi connectivity index (χ4v) is 1.54. The van der Waals surface area contributed by atoms with E-state index in [1.54, 1.807) is 18.2 Å². The molecule has 0 heterocycles. The summed E-state index contributed by atoms with van der Waals surface area (Å²) >= 11 is 0. The molecular weight excluding hydrogens is 210 g/mol. The lowest BCUT2D eigenvalue weighted by Gasteiger charge is -2.05. The lowest BCUT2D eigenvalue weighted by Crippen LogP contribution is -2.11. The van der Waals surface area contributed by atoms with Crippen LogP contribution in [0.3, 0.4) is 0 Å². The third kappa shape index (κ3) is 2.82. The zero-order valence-electron chi connectivity index (χ0n) is 9.39. The molecule has 0 aliphatic heterocycles. The fraction of sp³-hybridized carbons (Fsp3) is 0. The molecule has 0 fully saturated rings. The number of nitrogens with one attached hydrogen (secondary N) is 1. The van der Waals surface area contributed by atoms with Crippen molar-refractivity contribution in [3.63, 3.8) is 0 Å². The van der Waals surface area contributed by atoms with Crippen LogP contribution in [0, 0.1) is 0 Å². The standard InChI is InChI=1S/C15H13NO/c1-2-12-7-6-10-14(11-12)16-15(17)13-8-4-3-5-9-13/h2-11H,1H2,(H,16,17). The van der Waals surface area contributed by atoms with E-state index in [0.717, 1.165) is 11.3 Å². The lowest BCUT2D eigenvalue weighted by atomic mass is 10.2. The van der Waals surface area contributed by atoms with Gasteiger partial charge in [-0.1, -0.05) is 43.0 Å². The predicted octanol–water partition coefficient (Wildman–Crippen LogP) is 3.58. The minimum atomic E-state index is -0.105. The summed E-state index contributed by atoms with van der Waals surface area (Å²) in [5.74, 6) is -0.105. The molecule has 0 bridgehead atoms. The molecule has 84 valence electrons. The Bertz CT molecular complexity index is 532. The predicted molar refractivity (Wildman–Crippen MR) is 70.9 cm³/mol. The molecule has 0 unspecified atom stereocenters. The second kappa shape index (κ2) is 5.12. The van der Waals surface area contributed by atoms with Crippen LogP contribution < -0.4 is 5.32 Å². The highest BCUT2D eigenvalue weighted by Crippen LogP contribution is 2.12. The molecule has 2 aromatic carbocycles. The number of carbonyl (C=O) groups excluding carboxylic acids is 1. The minimum Gasteiger partial charge on any atom is -0.322 e. The molecule has 2 nitrogen and oxygen atoms in total. The number of carbonyl (C=O) groups is 1. The van der Waals surface area contributed by atoms with Crippen LogP contribution in [0.5, 0.6) is 0 Å². The minimum absolute atomic E-state index is 0.105. The third-order valence-corrected chi connectivity index (χ3v) is 2.42. The molecule has 17 heavy (non-hydrogen) atoms. The molecule has 1 amide bonds. The van der Waals surface area contributed by atoms with Gasteiger partial charge in [0.25, 0.3) is 5.91 Å². The van der Waals surface area contributed by atoms with Gasteiger partial charge in [-0.2, -0.15) is 0 Å². The highest BCUT2D eigenvalue weighted by molar-refractivity contribution is 6.04. The van der Waals surface area contributed by atoms with E-state index in [1.165, 1.54) is 0 Å². The number of rotatable bonds is 3. The molecule has 0 aliphatic rings. The quantitative estimate of drug-likeness (QED) is 0.846. The molecule has 1 N–H and O–H groups in total. The average Bonchev–Trinajstić information content (AvgIpc) is 2.40. The fourth-order valence-electron chi connectivity index (χ4n) is 1.54. The van der Waals surface area contributed by atoms with Crippen LogP contribution in [0.2, 0.25) is 0 Å². The number of anilines is 1. The monoisotopic (exact) mass is 223 g/mol. The summed E-state index contributed by atoms with van der Waals surface area (Å²) in [6.45, 7) is 3.70. The molecule has 0 aromatic heterocycles. The Balaban J connectivity index is 2.16. The van der Waals surface area contributed by atoms with E-state index < -0.39 is 0 Å². The second-order valence-electron chi connectivity index (χ2n) is 3.65. The van der Waals surface area contributed by atoms with Crippen molar-refractivity contribution < 1.29 is 4.79 Å². The smallest absolute Gasteiger partial charge is 0.255 e. The number of amides is 1. The van der Waals surface area contributed by atoms with Gasteiger partial charge in [-0.3, -0.25) is 4.79 Å². The first-order valence-corrected chi connectivity index (χ1v) is 5.38. The zero-order chi connectivity index (χ0) is 12.1. The molecule has 2 heteroatoms. The van der Waals surface area contributed by atoms with E-state index in [4.69, 9.17) is 0 Å². The summed E-state index contributed by atoms with van der Waals surface area (Å²) in [6.07, 6.45) is 1.75. The highest BCUT2D eigenvalue weighted by Gasteiger charge is 2.04. The largest absolute Gasteiger partial charge is 0.322 e. The second-order valence-corrected chi connectivity index (χ2v) is 3.65. The summed E-state index contributed by atoms with van der Waals surface area (Å²) in [6, 6.07) is 16.7. The summed E-state index contributed by atoms with van der Waals surface area (Å²) in [7, 11) is 0. The van der Waals surface area contributed by atoms with E-state index in [0.29, 0.717) is 5.56 Å². The van der Waals surface area contributed by atoms with Gasteiger partial charge in [-0.25, -0.2) is 0 Å². The Kier molecular flexibility index (Phi) is 3.36. The summed E-state index contributed by atoms with van der Waals surface area (Å²) in [5.41, 5.74) is 2.41. The van der Waals surface area contributed by atoms with Crippen LogP contribution in [0.25, 0.3) is 6.08 Å². The Morgan fingerprint density at radius 1 is 1.06 bits per heavy atom. The zero-order valence-corrected chi connectivity index (χ0v) is 9.39. The molecule has 0 saturated heterocycles. The van der Waals surface area contributed by atoms with Crippen molar-refractivity contribution in [2.45, 2.75) is 0 Å². The Morgan fingerprint density at radius 2 is 1.82 bits per heavy atom. The molecule has 0 atom stereocenters. The Hall–Kier alpha value is -2.35. The van der Waals surface area contributed by atoms with E-state index in [-0.39, 0.29) is 5.91 Å². The molecule has 0 saturated carbocycles. The van der Waals surface area contributed by atoms with Crippen LogP contribution in [-0.2, 0) is 0 Å². The Labute approximate surface area is 101 Å². The van der Waals surface area contributed by atoms with Crippen LogP contribution >= 0.6 is 0 Å². The van der Waals surface area contributed by atoms with E-state index in [1.807, 2.05) is 42.5 Å². The summed E-state index contributed by atoms with van der Waals surface area (Å²) in [4.78, 5) is 11.9. The van der Waals surface area contributed by atoms with Gasteiger partial charge >= 0.3 is 0 Å². The first-order chi connectivity index (χ1) is 8.29. The molecule has 0 radical (unpaired) electrons. The maximum Gasteiger partial charge on any atom is 0.255 e. The van der Waals surface area contributed by atoms with Gasteiger partial charge < -0.3 is 5.32 Å². The van der Waals surface area contributed by atoms with Crippen molar-refractivity contribution in [1.82, 2.24) is 0 Å².